The molecule has 2 aliphatic rings. The van der Waals surface area contributed by atoms with Gasteiger partial charge in [-0.1, -0.05) is 31.4 Å². The Hall–Kier alpha value is -1.68. The Morgan fingerprint density at radius 2 is 1.83 bits per heavy atom. The Morgan fingerprint density at radius 3 is 2.52 bits per heavy atom. The van der Waals surface area contributed by atoms with Gasteiger partial charge >= 0.3 is 0 Å². The molecule has 4 heteroatoms. The number of rotatable bonds is 4. The molecular weight excluding hydrogens is 289 g/mol. The van der Waals surface area contributed by atoms with Gasteiger partial charge in [-0.25, -0.2) is 9.37 Å². The van der Waals surface area contributed by atoms with Gasteiger partial charge in [-0.15, -0.1) is 0 Å². The highest BCUT2D eigenvalue weighted by molar-refractivity contribution is 5.22. The Morgan fingerprint density at radius 1 is 1.04 bits per heavy atom. The highest BCUT2D eigenvalue weighted by Crippen LogP contribution is 2.35. The van der Waals surface area contributed by atoms with Crippen molar-refractivity contribution in [3.63, 3.8) is 0 Å². The minimum Gasteiger partial charge on any atom is -0.330 e. The third-order valence-electron chi connectivity index (χ3n) is 5.46. The summed E-state index contributed by atoms with van der Waals surface area (Å²) in [6.45, 7) is 2.05. The summed E-state index contributed by atoms with van der Waals surface area (Å²) in [6, 6.07) is 8.03. The molecule has 3 nitrogen and oxygen atoms in total. The number of nitrogens with zero attached hydrogens (tertiary/aromatic N) is 3. The van der Waals surface area contributed by atoms with E-state index in [-0.39, 0.29) is 5.82 Å². The molecule has 0 bridgehead atoms. The first-order valence-electron chi connectivity index (χ1n) is 8.81. The summed E-state index contributed by atoms with van der Waals surface area (Å²) in [7, 11) is 0. The minimum atomic E-state index is -0.157. The van der Waals surface area contributed by atoms with E-state index < -0.39 is 0 Å². The largest absolute Gasteiger partial charge is 0.330 e. The number of halogens is 1. The third-order valence-corrected chi connectivity index (χ3v) is 5.46. The molecule has 0 N–H and O–H groups in total. The molecule has 1 aliphatic heterocycles. The second-order valence-corrected chi connectivity index (χ2v) is 6.91. The van der Waals surface area contributed by atoms with Gasteiger partial charge < -0.3 is 4.57 Å². The first-order chi connectivity index (χ1) is 11.3. The predicted octanol–water partition coefficient (Wildman–Crippen LogP) is 4.47. The summed E-state index contributed by atoms with van der Waals surface area (Å²) in [5.74, 6) is -0.157. The van der Waals surface area contributed by atoms with Gasteiger partial charge in [0.1, 0.15) is 5.82 Å². The van der Waals surface area contributed by atoms with Gasteiger partial charge in [0.2, 0.25) is 0 Å². The quantitative estimate of drug-likeness (QED) is 0.830. The van der Waals surface area contributed by atoms with Crippen LogP contribution >= 0.6 is 0 Å². The number of hydrogen-bond acceptors (Lipinski definition) is 2. The van der Waals surface area contributed by atoms with E-state index in [4.69, 9.17) is 0 Å². The van der Waals surface area contributed by atoms with Crippen molar-refractivity contribution in [2.75, 3.05) is 6.54 Å². The topological polar surface area (TPSA) is 21.1 Å². The summed E-state index contributed by atoms with van der Waals surface area (Å²) in [4.78, 5) is 6.88. The predicted molar refractivity (Wildman–Crippen MR) is 88.5 cm³/mol. The van der Waals surface area contributed by atoms with Crippen LogP contribution in [0, 0.1) is 5.82 Å². The number of hydrogen-bond donors (Lipinski definition) is 0. The molecule has 23 heavy (non-hydrogen) atoms. The van der Waals surface area contributed by atoms with Crippen molar-refractivity contribution < 1.29 is 4.39 Å². The van der Waals surface area contributed by atoms with Crippen LogP contribution in [0.3, 0.4) is 0 Å². The van der Waals surface area contributed by atoms with Crippen LogP contribution in [0.2, 0.25) is 0 Å². The summed E-state index contributed by atoms with van der Waals surface area (Å²) in [5, 5.41) is 0. The van der Waals surface area contributed by atoms with Crippen molar-refractivity contribution in [3.8, 4) is 0 Å². The Balaban J connectivity index is 1.46. The smallest absolute Gasteiger partial charge is 0.123 e. The summed E-state index contributed by atoms with van der Waals surface area (Å²) in [6.07, 6.45) is 11.8. The average Bonchev–Trinajstić information content (AvgIpc) is 3.03. The van der Waals surface area contributed by atoms with Gasteiger partial charge in [0, 0.05) is 31.4 Å². The molecule has 1 saturated carbocycles. The number of imidazole rings is 1. The second kappa shape index (κ2) is 6.44. The lowest BCUT2D eigenvalue weighted by molar-refractivity contribution is 0.0779. The molecule has 2 fully saturated rings. The molecule has 0 radical (unpaired) electrons. The number of benzene rings is 1. The van der Waals surface area contributed by atoms with Crippen molar-refractivity contribution in [1.82, 2.24) is 14.5 Å². The second-order valence-electron chi connectivity index (χ2n) is 6.91. The third kappa shape index (κ3) is 3.05. The molecule has 1 saturated heterocycles. The van der Waals surface area contributed by atoms with Gasteiger partial charge in [0.05, 0.1) is 12.0 Å². The molecule has 0 amide bonds. The highest BCUT2D eigenvalue weighted by Gasteiger charge is 2.30. The molecule has 0 unspecified atom stereocenters. The lowest BCUT2D eigenvalue weighted by Crippen LogP contribution is -2.40. The fraction of sp³-hybridized carbons (Fsp3) is 0.526. The van der Waals surface area contributed by atoms with Crippen LogP contribution in [0.15, 0.2) is 36.8 Å². The van der Waals surface area contributed by atoms with E-state index in [9.17, 15) is 4.39 Å². The van der Waals surface area contributed by atoms with Crippen molar-refractivity contribution >= 4 is 0 Å². The highest BCUT2D eigenvalue weighted by atomic mass is 19.1. The van der Waals surface area contributed by atoms with Crippen LogP contribution < -0.4 is 0 Å². The summed E-state index contributed by atoms with van der Waals surface area (Å²) in [5.41, 5.74) is 2.55. The molecule has 1 atom stereocenters. The number of aromatic nitrogens is 2. The lowest BCUT2D eigenvalue weighted by atomic mass is 9.94. The van der Waals surface area contributed by atoms with E-state index in [0.29, 0.717) is 12.1 Å². The van der Waals surface area contributed by atoms with Crippen molar-refractivity contribution in [2.24, 2.45) is 0 Å². The van der Waals surface area contributed by atoms with Gasteiger partial charge in [-0.2, -0.15) is 0 Å². The van der Waals surface area contributed by atoms with Crippen molar-refractivity contribution in [2.45, 2.75) is 57.2 Å². The fourth-order valence-electron chi connectivity index (χ4n) is 4.04. The Labute approximate surface area is 137 Å². The SMILES string of the molecule is Fc1ccc([C@@H]2CCN2Cc2cncn2C2CCCCC2)cc1. The van der Waals surface area contributed by atoms with Crippen LogP contribution in [-0.2, 0) is 6.54 Å². The zero-order chi connectivity index (χ0) is 15.6. The standard InChI is InChI=1S/C19H24FN3/c20-16-8-6-15(7-9-16)19-10-11-22(19)13-18-12-21-14-23(18)17-4-2-1-3-5-17/h6-9,12,14,17,19H,1-5,10-11,13H2/t19-/m0/s1. The van der Waals surface area contributed by atoms with E-state index in [1.807, 2.05) is 24.7 Å². The molecule has 1 aliphatic carbocycles. The molecule has 2 aromatic rings. The van der Waals surface area contributed by atoms with Gasteiger partial charge in [-0.3, -0.25) is 4.90 Å². The number of likely N-dealkylation sites (tertiary alicyclic amines) is 1. The fourth-order valence-corrected chi connectivity index (χ4v) is 4.04. The van der Waals surface area contributed by atoms with Gasteiger partial charge in [-0.05, 0) is 37.0 Å². The van der Waals surface area contributed by atoms with Crippen LogP contribution in [-0.4, -0.2) is 21.0 Å². The summed E-state index contributed by atoms with van der Waals surface area (Å²) < 4.78 is 15.5. The van der Waals surface area contributed by atoms with Gasteiger partial charge in [0.25, 0.3) is 0 Å². The van der Waals surface area contributed by atoms with Crippen LogP contribution in [0.5, 0.6) is 0 Å². The lowest BCUT2D eigenvalue weighted by Gasteiger charge is -2.41. The van der Waals surface area contributed by atoms with E-state index in [0.717, 1.165) is 19.5 Å². The molecular formula is C19H24FN3. The maximum atomic E-state index is 13.1. The molecule has 1 aromatic heterocycles. The normalized spacial score (nSPS) is 22.9. The zero-order valence-electron chi connectivity index (χ0n) is 13.5. The van der Waals surface area contributed by atoms with Crippen LogP contribution in [0.4, 0.5) is 4.39 Å². The maximum absolute atomic E-state index is 13.1. The van der Waals surface area contributed by atoms with E-state index in [1.165, 1.54) is 43.4 Å². The van der Waals surface area contributed by atoms with Crippen LogP contribution in [0.1, 0.15) is 61.9 Å². The Bertz CT molecular complexity index is 643. The molecule has 2 heterocycles. The average molecular weight is 313 g/mol. The van der Waals surface area contributed by atoms with Crippen molar-refractivity contribution in [3.05, 3.63) is 53.9 Å². The van der Waals surface area contributed by atoms with E-state index in [1.54, 1.807) is 12.1 Å². The Kier molecular flexibility index (Phi) is 4.17. The van der Waals surface area contributed by atoms with Crippen molar-refractivity contribution in [1.29, 1.82) is 0 Å². The first-order valence-corrected chi connectivity index (χ1v) is 8.81. The van der Waals surface area contributed by atoms with E-state index in [2.05, 4.69) is 14.5 Å². The molecule has 0 spiro atoms. The first kappa shape index (κ1) is 14.9. The molecule has 122 valence electrons. The molecule has 1 aromatic carbocycles. The van der Waals surface area contributed by atoms with Crippen LogP contribution in [0.25, 0.3) is 0 Å². The maximum Gasteiger partial charge on any atom is 0.123 e. The van der Waals surface area contributed by atoms with Gasteiger partial charge in [0.15, 0.2) is 0 Å². The molecule has 4 rings (SSSR count). The summed E-state index contributed by atoms with van der Waals surface area (Å²) >= 11 is 0. The minimum absolute atomic E-state index is 0.157. The monoisotopic (exact) mass is 313 g/mol. The van der Waals surface area contributed by atoms with E-state index >= 15 is 0 Å². The zero-order valence-corrected chi connectivity index (χ0v) is 13.5.